The largest absolute Gasteiger partial charge is 0.313 e. The van der Waals surface area contributed by atoms with Crippen LogP contribution in [0.4, 0.5) is 0 Å². The fourth-order valence-corrected chi connectivity index (χ4v) is 4.77. The predicted octanol–water partition coefficient (Wildman–Crippen LogP) is 1.43. The van der Waals surface area contributed by atoms with Crippen LogP contribution in [0, 0.1) is 5.92 Å². The molecule has 0 bridgehead atoms. The van der Waals surface area contributed by atoms with Crippen LogP contribution in [0.15, 0.2) is 0 Å². The molecule has 1 atom stereocenters. The Balaban J connectivity index is 1.94. The second-order valence-corrected chi connectivity index (χ2v) is 8.17. The molecule has 2 rings (SSSR count). The maximum Gasteiger partial charge on any atom is 0.282 e. The van der Waals surface area contributed by atoms with Gasteiger partial charge in [-0.2, -0.15) is 17.0 Å². The lowest BCUT2D eigenvalue weighted by atomic mass is 10.0. The summed E-state index contributed by atoms with van der Waals surface area (Å²) in [6.45, 7) is 8.00. The lowest BCUT2D eigenvalue weighted by Crippen LogP contribution is -2.53. The Kier molecular flexibility index (Phi) is 5.84. The molecule has 0 radical (unpaired) electrons. The van der Waals surface area contributed by atoms with Gasteiger partial charge in [0.05, 0.1) is 0 Å². The summed E-state index contributed by atoms with van der Waals surface area (Å²) >= 11 is 0. The van der Waals surface area contributed by atoms with Crippen LogP contribution in [0.5, 0.6) is 0 Å². The highest BCUT2D eigenvalue weighted by atomic mass is 32.2. The van der Waals surface area contributed by atoms with Crippen molar-refractivity contribution < 1.29 is 8.42 Å². The third kappa shape index (κ3) is 3.93. The maximum absolute atomic E-state index is 12.7. The summed E-state index contributed by atoms with van der Waals surface area (Å²) in [6.07, 6.45) is 5.12. The zero-order chi connectivity index (χ0) is 14.6. The molecular weight excluding hydrogens is 274 g/mol. The zero-order valence-electron chi connectivity index (χ0n) is 12.8. The summed E-state index contributed by atoms with van der Waals surface area (Å²) in [5.41, 5.74) is 0. The van der Waals surface area contributed by atoms with E-state index in [1.165, 1.54) is 0 Å². The Morgan fingerprint density at radius 1 is 1.10 bits per heavy atom. The molecule has 0 amide bonds. The van der Waals surface area contributed by atoms with E-state index in [4.69, 9.17) is 0 Å². The maximum atomic E-state index is 12.7. The molecule has 2 saturated heterocycles. The van der Waals surface area contributed by atoms with E-state index in [0.717, 1.165) is 38.6 Å². The average Bonchev–Trinajstić information content (AvgIpc) is 2.46. The van der Waals surface area contributed by atoms with Gasteiger partial charge in [-0.3, -0.25) is 0 Å². The van der Waals surface area contributed by atoms with Crippen molar-refractivity contribution in [3.05, 3.63) is 0 Å². The second kappa shape index (κ2) is 7.20. The van der Waals surface area contributed by atoms with E-state index in [2.05, 4.69) is 19.2 Å². The van der Waals surface area contributed by atoms with Crippen LogP contribution < -0.4 is 5.32 Å². The summed E-state index contributed by atoms with van der Waals surface area (Å²) in [5, 5.41) is 3.46. The first kappa shape index (κ1) is 16.2. The van der Waals surface area contributed by atoms with Crippen molar-refractivity contribution in [3.63, 3.8) is 0 Å². The molecule has 0 aromatic carbocycles. The summed E-state index contributed by atoms with van der Waals surface area (Å²) in [5.74, 6) is 0.654. The smallest absolute Gasteiger partial charge is 0.282 e. The molecule has 1 N–H and O–H groups in total. The highest BCUT2D eigenvalue weighted by molar-refractivity contribution is 7.86. The van der Waals surface area contributed by atoms with Crippen molar-refractivity contribution in [2.45, 2.75) is 52.0 Å². The molecule has 1 unspecified atom stereocenters. The van der Waals surface area contributed by atoms with Crippen molar-refractivity contribution in [2.24, 2.45) is 5.92 Å². The lowest BCUT2D eigenvalue weighted by Gasteiger charge is -2.38. The summed E-state index contributed by atoms with van der Waals surface area (Å²) in [6, 6.07) is 0.321. The summed E-state index contributed by atoms with van der Waals surface area (Å²) < 4.78 is 28.8. The van der Waals surface area contributed by atoms with Gasteiger partial charge in [-0.15, -0.1) is 0 Å². The summed E-state index contributed by atoms with van der Waals surface area (Å²) in [4.78, 5) is 0. The average molecular weight is 303 g/mol. The minimum atomic E-state index is -3.24. The molecule has 2 aliphatic rings. The molecule has 6 heteroatoms. The van der Waals surface area contributed by atoms with E-state index in [-0.39, 0.29) is 0 Å². The SMILES string of the molecule is CCCNC1CCCN(S(=O)(=O)N2CCC(C)CC2)C1. The molecule has 2 fully saturated rings. The van der Waals surface area contributed by atoms with Gasteiger partial charge >= 0.3 is 0 Å². The first-order valence-corrected chi connectivity index (χ1v) is 9.42. The number of piperidine rings is 2. The normalized spacial score (nSPS) is 27.8. The number of hydrogen-bond donors (Lipinski definition) is 1. The molecule has 0 saturated carbocycles. The molecule has 118 valence electrons. The van der Waals surface area contributed by atoms with Crippen LogP contribution in [-0.4, -0.2) is 55.8 Å². The van der Waals surface area contributed by atoms with Crippen molar-refractivity contribution in [3.8, 4) is 0 Å². The Morgan fingerprint density at radius 2 is 1.80 bits per heavy atom. The van der Waals surface area contributed by atoms with Gasteiger partial charge in [0.25, 0.3) is 10.2 Å². The third-order valence-electron chi connectivity index (χ3n) is 4.46. The first-order valence-electron chi connectivity index (χ1n) is 8.02. The van der Waals surface area contributed by atoms with Crippen LogP contribution >= 0.6 is 0 Å². The van der Waals surface area contributed by atoms with Gasteiger partial charge in [0.15, 0.2) is 0 Å². The third-order valence-corrected chi connectivity index (χ3v) is 6.46. The predicted molar refractivity (Wildman–Crippen MR) is 81.8 cm³/mol. The number of nitrogens with one attached hydrogen (secondary N) is 1. The van der Waals surface area contributed by atoms with Crippen molar-refractivity contribution in [1.29, 1.82) is 0 Å². The van der Waals surface area contributed by atoms with Gasteiger partial charge in [0.2, 0.25) is 0 Å². The van der Waals surface area contributed by atoms with Crippen LogP contribution in [0.25, 0.3) is 0 Å². The van der Waals surface area contributed by atoms with Crippen molar-refractivity contribution >= 4 is 10.2 Å². The van der Waals surface area contributed by atoms with Crippen LogP contribution in [0.1, 0.15) is 46.0 Å². The topological polar surface area (TPSA) is 52.7 Å². The molecule has 0 aromatic heterocycles. The van der Waals surface area contributed by atoms with E-state index in [1.807, 2.05) is 0 Å². The van der Waals surface area contributed by atoms with E-state index in [0.29, 0.717) is 38.1 Å². The molecule has 2 heterocycles. The zero-order valence-corrected chi connectivity index (χ0v) is 13.7. The van der Waals surface area contributed by atoms with Gasteiger partial charge in [0, 0.05) is 32.2 Å². The monoisotopic (exact) mass is 303 g/mol. The Labute approximate surface area is 123 Å². The van der Waals surface area contributed by atoms with Crippen LogP contribution in [0.3, 0.4) is 0 Å². The lowest BCUT2D eigenvalue weighted by molar-refractivity contribution is 0.235. The van der Waals surface area contributed by atoms with Crippen LogP contribution in [-0.2, 0) is 10.2 Å². The Morgan fingerprint density at radius 3 is 2.45 bits per heavy atom. The second-order valence-electron chi connectivity index (χ2n) is 6.24. The Bertz CT molecular complexity index is 391. The minimum absolute atomic E-state index is 0.321. The Hall–Kier alpha value is -0.170. The summed E-state index contributed by atoms with van der Waals surface area (Å²) in [7, 11) is -3.24. The molecule has 0 spiro atoms. The minimum Gasteiger partial charge on any atom is -0.313 e. The highest BCUT2D eigenvalue weighted by Crippen LogP contribution is 2.23. The van der Waals surface area contributed by atoms with Gasteiger partial charge < -0.3 is 5.32 Å². The van der Waals surface area contributed by atoms with E-state index in [1.54, 1.807) is 8.61 Å². The molecule has 0 aliphatic carbocycles. The fourth-order valence-electron chi connectivity index (χ4n) is 3.05. The number of rotatable bonds is 5. The standard InChI is InChI=1S/C14H29N3O2S/c1-3-8-15-14-5-4-9-17(12-14)20(18,19)16-10-6-13(2)7-11-16/h13-15H,3-12H2,1-2H3. The van der Waals surface area contributed by atoms with Crippen molar-refractivity contribution in [2.75, 3.05) is 32.7 Å². The number of hydrogen-bond acceptors (Lipinski definition) is 3. The van der Waals surface area contributed by atoms with E-state index >= 15 is 0 Å². The van der Waals surface area contributed by atoms with Crippen molar-refractivity contribution in [1.82, 2.24) is 13.9 Å². The van der Waals surface area contributed by atoms with Gasteiger partial charge in [-0.05, 0) is 44.6 Å². The van der Waals surface area contributed by atoms with Gasteiger partial charge in [-0.1, -0.05) is 13.8 Å². The molecule has 20 heavy (non-hydrogen) atoms. The highest BCUT2D eigenvalue weighted by Gasteiger charge is 2.34. The van der Waals surface area contributed by atoms with Crippen LogP contribution in [0.2, 0.25) is 0 Å². The van der Waals surface area contributed by atoms with E-state index < -0.39 is 10.2 Å². The quantitative estimate of drug-likeness (QED) is 0.836. The van der Waals surface area contributed by atoms with Gasteiger partial charge in [0.1, 0.15) is 0 Å². The molecule has 2 aliphatic heterocycles. The molecule has 0 aromatic rings. The molecular formula is C14H29N3O2S. The van der Waals surface area contributed by atoms with E-state index in [9.17, 15) is 8.42 Å². The fraction of sp³-hybridized carbons (Fsp3) is 1.00. The number of nitrogens with zero attached hydrogens (tertiary/aromatic N) is 2. The van der Waals surface area contributed by atoms with Gasteiger partial charge in [-0.25, -0.2) is 0 Å². The first-order chi connectivity index (χ1) is 9.54. The molecule has 5 nitrogen and oxygen atoms in total.